The van der Waals surface area contributed by atoms with E-state index in [0.717, 1.165) is 65.0 Å². The molecule has 1 aliphatic rings. The molecule has 1 fully saturated rings. The molecule has 1 heterocycles. The number of hydrogen-bond acceptors (Lipinski definition) is 6. The molecule has 6 nitrogen and oxygen atoms in total. The van der Waals surface area contributed by atoms with Crippen LogP contribution in [0.1, 0.15) is 52.4 Å². The smallest absolute Gasteiger partial charge is 0.307 e. The molecule has 1 saturated heterocycles. The number of carbonyl (C=O) groups excluding carboxylic acids is 2. The maximum atomic E-state index is 11.6. The van der Waals surface area contributed by atoms with Crippen molar-refractivity contribution in [2.75, 3.05) is 52.5 Å². The summed E-state index contributed by atoms with van der Waals surface area (Å²) in [4.78, 5) is 27.8. The molecule has 0 amide bonds. The summed E-state index contributed by atoms with van der Waals surface area (Å²) < 4.78 is 10.3. The third kappa shape index (κ3) is 9.88. The fourth-order valence-electron chi connectivity index (χ4n) is 2.54. The van der Waals surface area contributed by atoms with Crippen LogP contribution in [0.2, 0.25) is 0 Å². The molecule has 0 saturated carbocycles. The molecule has 0 aromatic heterocycles. The number of ether oxygens (including phenoxy) is 2. The van der Waals surface area contributed by atoms with E-state index in [1.165, 1.54) is 0 Å². The van der Waals surface area contributed by atoms with E-state index >= 15 is 0 Å². The Morgan fingerprint density at radius 1 is 0.750 bits per heavy atom. The van der Waals surface area contributed by atoms with E-state index in [9.17, 15) is 9.59 Å². The summed E-state index contributed by atoms with van der Waals surface area (Å²) in [5.74, 6) is -0.193. The van der Waals surface area contributed by atoms with Gasteiger partial charge in [-0.2, -0.15) is 0 Å². The molecule has 6 heteroatoms. The summed E-state index contributed by atoms with van der Waals surface area (Å²) in [6, 6.07) is 0. The van der Waals surface area contributed by atoms with Crippen LogP contribution in [0.15, 0.2) is 0 Å². The summed E-state index contributed by atoms with van der Waals surface area (Å²) in [7, 11) is 0. The second-order valence-electron chi connectivity index (χ2n) is 6.33. The van der Waals surface area contributed by atoms with Gasteiger partial charge in [0.15, 0.2) is 0 Å². The van der Waals surface area contributed by atoms with E-state index in [4.69, 9.17) is 9.47 Å². The maximum Gasteiger partial charge on any atom is 0.307 e. The first-order valence-corrected chi connectivity index (χ1v) is 9.41. The van der Waals surface area contributed by atoms with E-state index in [2.05, 4.69) is 23.6 Å². The van der Waals surface area contributed by atoms with Gasteiger partial charge in [-0.1, -0.05) is 26.7 Å². The summed E-state index contributed by atoms with van der Waals surface area (Å²) in [5.41, 5.74) is 0. The van der Waals surface area contributed by atoms with Crippen molar-refractivity contribution >= 4 is 11.9 Å². The minimum atomic E-state index is -0.0966. The molecule has 0 aromatic rings. The normalized spacial score (nSPS) is 16.1. The average molecular weight is 342 g/mol. The molecule has 140 valence electrons. The fourth-order valence-corrected chi connectivity index (χ4v) is 2.54. The lowest BCUT2D eigenvalue weighted by Crippen LogP contribution is -2.47. The minimum absolute atomic E-state index is 0.0966. The quantitative estimate of drug-likeness (QED) is 0.400. The van der Waals surface area contributed by atoms with Crippen molar-refractivity contribution in [3.8, 4) is 0 Å². The van der Waals surface area contributed by atoms with Gasteiger partial charge < -0.3 is 19.3 Å². The van der Waals surface area contributed by atoms with E-state index in [-0.39, 0.29) is 11.9 Å². The van der Waals surface area contributed by atoms with E-state index in [0.29, 0.717) is 26.1 Å². The molecule has 0 aromatic carbocycles. The van der Waals surface area contributed by atoms with Crippen molar-refractivity contribution in [1.82, 2.24) is 9.80 Å². The van der Waals surface area contributed by atoms with Crippen LogP contribution in [0.4, 0.5) is 0 Å². The van der Waals surface area contributed by atoms with Crippen LogP contribution >= 0.6 is 0 Å². The minimum Gasteiger partial charge on any atom is -0.466 e. The molecule has 0 spiro atoms. The Morgan fingerprint density at radius 2 is 1.12 bits per heavy atom. The van der Waals surface area contributed by atoms with Gasteiger partial charge in [-0.25, -0.2) is 0 Å². The van der Waals surface area contributed by atoms with Gasteiger partial charge in [-0.05, 0) is 12.8 Å². The number of esters is 2. The Morgan fingerprint density at radius 3 is 1.46 bits per heavy atom. The molecule has 1 aliphatic heterocycles. The van der Waals surface area contributed by atoms with Crippen molar-refractivity contribution in [3.63, 3.8) is 0 Å². The van der Waals surface area contributed by atoms with Crippen LogP contribution in [-0.2, 0) is 19.1 Å². The van der Waals surface area contributed by atoms with Crippen molar-refractivity contribution in [3.05, 3.63) is 0 Å². The predicted molar refractivity (Wildman–Crippen MR) is 93.8 cm³/mol. The van der Waals surface area contributed by atoms with Gasteiger partial charge in [0.05, 0.1) is 26.1 Å². The molecule has 0 bridgehead atoms. The zero-order chi connectivity index (χ0) is 17.6. The highest BCUT2D eigenvalue weighted by atomic mass is 16.5. The largest absolute Gasteiger partial charge is 0.466 e. The molecular formula is C18H34N2O4. The zero-order valence-electron chi connectivity index (χ0n) is 15.4. The maximum absolute atomic E-state index is 11.6. The van der Waals surface area contributed by atoms with Crippen molar-refractivity contribution in [1.29, 1.82) is 0 Å². The highest BCUT2D eigenvalue weighted by molar-refractivity contribution is 5.69. The molecular weight excluding hydrogens is 308 g/mol. The molecule has 0 N–H and O–H groups in total. The standard InChI is InChI=1S/C18H34N2O4/c1-3-5-15-23-17(21)7-9-19-11-13-20(14-12-19)10-8-18(22)24-16-6-4-2/h3-16H2,1-2H3. The Bertz CT molecular complexity index is 321. The molecule has 0 aliphatic carbocycles. The second kappa shape index (κ2) is 13.2. The van der Waals surface area contributed by atoms with Gasteiger partial charge in [-0.15, -0.1) is 0 Å². The summed E-state index contributed by atoms with van der Waals surface area (Å²) >= 11 is 0. The average Bonchev–Trinajstić information content (AvgIpc) is 2.59. The molecule has 0 radical (unpaired) electrons. The number of piperazine rings is 1. The van der Waals surface area contributed by atoms with Crippen LogP contribution in [0.5, 0.6) is 0 Å². The Labute approximate surface area is 146 Å². The number of rotatable bonds is 12. The number of unbranched alkanes of at least 4 members (excludes halogenated alkanes) is 2. The summed E-state index contributed by atoms with van der Waals surface area (Å²) in [5, 5.41) is 0. The third-order valence-electron chi connectivity index (χ3n) is 4.25. The SMILES string of the molecule is CCCCOC(=O)CCN1CCN(CCC(=O)OCCCC)CC1. The molecule has 0 atom stereocenters. The molecule has 24 heavy (non-hydrogen) atoms. The number of hydrogen-bond donors (Lipinski definition) is 0. The second-order valence-corrected chi connectivity index (χ2v) is 6.33. The van der Waals surface area contributed by atoms with E-state index in [1.54, 1.807) is 0 Å². The lowest BCUT2D eigenvalue weighted by Gasteiger charge is -2.34. The topological polar surface area (TPSA) is 59.1 Å². The lowest BCUT2D eigenvalue weighted by atomic mass is 10.2. The van der Waals surface area contributed by atoms with Gasteiger partial charge in [0.25, 0.3) is 0 Å². The lowest BCUT2D eigenvalue weighted by molar-refractivity contribution is -0.145. The van der Waals surface area contributed by atoms with Gasteiger partial charge >= 0.3 is 11.9 Å². The highest BCUT2D eigenvalue weighted by Crippen LogP contribution is 2.05. The fraction of sp³-hybridized carbons (Fsp3) is 0.889. The van der Waals surface area contributed by atoms with Gasteiger partial charge in [0.1, 0.15) is 0 Å². The predicted octanol–water partition coefficient (Wildman–Crippen LogP) is 2.07. The van der Waals surface area contributed by atoms with Crippen molar-refractivity contribution < 1.29 is 19.1 Å². The Balaban J connectivity index is 2.05. The third-order valence-corrected chi connectivity index (χ3v) is 4.25. The first-order chi connectivity index (χ1) is 11.7. The first kappa shape index (κ1) is 20.9. The van der Waals surface area contributed by atoms with Gasteiger partial charge in [0, 0.05) is 39.3 Å². The first-order valence-electron chi connectivity index (χ1n) is 9.41. The van der Waals surface area contributed by atoms with Gasteiger partial charge in [0.2, 0.25) is 0 Å². The van der Waals surface area contributed by atoms with E-state index in [1.807, 2.05) is 0 Å². The van der Waals surface area contributed by atoms with Crippen molar-refractivity contribution in [2.45, 2.75) is 52.4 Å². The summed E-state index contributed by atoms with van der Waals surface area (Å²) in [6.07, 6.45) is 4.89. The zero-order valence-corrected chi connectivity index (χ0v) is 15.4. The van der Waals surface area contributed by atoms with Crippen molar-refractivity contribution in [2.24, 2.45) is 0 Å². The molecule has 1 rings (SSSR count). The van der Waals surface area contributed by atoms with Crippen LogP contribution in [-0.4, -0.2) is 74.2 Å². The summed E-state index contributed by atoms with van der Waals surface area (Å²) in [6.45, 7) is 10.5. The molecule has 0 unspecified atom stereocenters. The number of nitrogens with zero attached hydrogens (tertiary/aromatic N) is 2. The van der Waals surface area contributed by atoms with E-state index < -0.39 is 0 Å². The Kier molecular flexibility index (Phi) is 11.5. The Hall–Kier alpha value is -1.14. The van der Waals surface area contributed by atoms with Gasteiger partial charge in [-0.3, -0.25) is 9.59 Å². The van der Waals surface area contributed by atoms with Crippen LogP contribution in [0.3, 0.4) is 0 Å². The highest BCUT2D eigenvalue weighted by Gasteiger charge is 2.18. The van der Waals surface area contributed by atoms with Crippen LogP contribution < -0.4 is 0 Å². The van der Waals surface area contributed by atoms with Crippen LogP contribution in [0.25, 0.3) is 0 Å². The number of carbonyl (C=O) groups is 2. The van der Waals surface area contributed by atoms with Crippen LogP contribution in [0, 0.1) is 0 Å². The monoisotopic (exact) mass is 342 g/mol.